The van der Waals surface area contributed by atoms with Crippen LogP contribution >= 0.6 is 0 Å². The van der Waals surface area contributed by atoms with Crippen molar-refractivity contribution in [1.29, 1.82) is 0 Å². The number of hydrogen-bond acceptors (Lipinski definition) is 10. The first-order valence-corrected chi connectivity index (χ1v) is 14.3. The first kappa shape index (κ1) is 35.1. The van der Waals surface area contributed by atoms with Crippen molar-refractivity contribution in [3.63, 3.8) is 0 Å². The zero-order chi connectivity index (χ0) is 31.4. The van der Waals surface area contributed by atoms with Crippen LogP contribution in [-0.4, -0.2) is 76.5 Å². The molecule has 0 aliphatic carbocycles. The van der Waals surface area contributed by atoms with E-state index in [0.717, 1.165) is 17.6 Å². The van der Waals surface area contributed by atoms with Crippen molar-refractivity contribution in [2.24, 2.45) is 11.8 Å². The van der Waals surface area contributed by atoms with Gasteiger partial charge in [0.1, 0.15) is 24.2 Å². The maximum atomic E-state index is 12.8. The molecule has 2 bridgehead atoms. The van der Waals surface area contributed by atoms with E-state index in [2.05, 4.69) is 9.72 Å². The summed E-state index contributed by atoms with van der Waals surface area (Å²) in [5.74, 6) is -1.08. The molecule has 42 heavy (non-hydrogen) atoms. The van der Waals surface area contributed by atoms with Gasteiger partial charge in [-0.1, -0.05) is 43.7 Å². The Morgan fingerprint density at radius 3 is 2.62 bits per heavy atom. The molecule has 1 unspecified atom stereocenters. The van der Waals surface area contributed by atoms with E-state index in [1.807, 2.05) is 20.8 Å². The first-order chi connectivity index (χ1) is 19.8. The maximum absolute atomic E-state index is 12.8. The maximum Gasteiger partial charge on any atom is 0.337 e. The van der Waals surface area contributed by atoms with Gasteiger partial charge in [0.25, 0.3) is 0 Å². The van der Waals surface area contributed by atoms with Crippen LogP contribution < -0.4 is 0 Å². The lowest BCUT2D eigenvalue weighted by atomic mass is 9.93. The van der Waals surface area contributed by atoms with E-state index in [-0.39, 0.29) is 12.3 Å². The smallest absolute Gasteiger partial charge is 0.337 e. The summed E-state index contributed by atoms with van der Waals surface area (Å²) >= 11 is 0. The summed E-state index contributed by atoms with van der Waals surface area (Å²) in [5.41, 5.74) is 0.561. The molecule has 1 aliphatic rings. The molecule has 2 heterocycles. The summed E-state index contributed by atoms with van der Waals surface area (Å²) in [5, 5.41) is 32.2. The fourth-order valence-corrected chi connectivity index (χ4v) is 4.52. The van der Waals surface area contributed by atoms with E-state index < -0.39 is 47.9 Å². The Morgan fingerprint density at radius 2 is 1.95 bits per heavy atom. The molecule has 10 nitrogen and oxygen atoms in total. The summed E-state index contributed by atoms with van der Waals surface area (Å²) in [4.78, 5) is 29.1. The van der Waals surface area contributed by atoms with Gasteiger partial charge in [-0.25, -0.2) is 14.6 Å². The number of aliphatic hydroxyl groups is 3. The number of carbonyl (C=O) groups excluding carboxylic acids is 2. The van der Waals surface area contributed by atoms with Crippen LogP contribution in [0.3, 0.4) is 0 Å². The van der Waals surface area contributed by atoms with Crippen LogP contribution in [-0.2, 0) is 30.2 Å². The number of aromatic nitrogens is 1. The Bertz CT molecular complexity index is 1150. The van der Waals surface area contributed by atoms with Crippen LogP contribution in [0.15, 0.2) is 52.7 Å². The minimum atomic E-state index is -1.64. The molecule has 0 saturated heterocycles. The van der Waals surface area contributed by atoms with Crippen LogP contribution in [0.1, 0.15) is 71.9 Å². The van der Waals surface area contributed by atoms with Crippen LogP contribution in [0.4, 0.5) is 0 Å². The minimum absolute atomic E-state index is 0.0655. The summed E-state index contributed by atoms with van der Waals surface area (Å²) in [6, 6.07) is 0. The van der Waals surface area contributed by atoms with Crippen molar-refractivity contribution in [3.8, 4) is 0 Å². The Morgan fingerprint density at radius 1 is 1.24 bits per heavy atom. The molecule has 0 saturated carbocycles. The molecule has 2 rings (SSSR count). The molecule has 0 amide bonds. The van der Waals surface area contributed by atoms with Crippen LogP contribution in [0.5, 0.6) is 0 Å². The zero-order valence-corrected chi connectivity index (χ0v) is 25.8. The zero-order valence-electron chi connectivity index (χ0n) is 25.8. The third-order valence-corrected chi connectivity index (χ3v) is 7.41. The molecule has 0 aromatic carbocycles. The lowest BCUT2D eigenvalue weighted by Gasteiger charge is -2.29. The SMILES string of the molecule is COC(=O)[C@@](C)(O)C/C=C\C/C(C)=C/[C@@H]1OC(=O)/C=C/[C@H](C)[C@@H](O)/C=C(\C)c2coc(n2)CCC(C)C[C@H](OC)[C@H]1O. The molecule has 1 aliphatic heterocycles. The van der Waals surface area contributed by atoms with Gasteiger partial charge in [0.15, 0.2) is 11.5 Å². The van der Waals surface area contributed by atoms with Gasteiger partial charge < -0.3 is 33.9 Å². The summed E-state index contributed by atoms with van der Waals surface area (Å²) < 4.78 is 21.6. The van der Waals surface area contributed by atoms with E-state index >= 15 is 0 Å². The third kappa shape index (κ3) is 11.0. The third-order valence-electron chi connectivity index (χ3n) is 7.41. The number of oxazole rings is 1. The molecule has 234 valence electrons. The average Bonchev–Trinajstić information content (AvgIpc) is 3.43. The van der Waals surface area contributed by atoms with Gasteiger partial charge >= 0.3 is 11.9 Å². The van der Waals surface area contributed by atoms with E-state index in [1.165, 1.54) is 27.2 Å². The van der Waals surface area contributed by atoms with E-state index in [0.29, 0.717) is 30.8 Å². The summed E-state index contributed by atoms with van der Waals surface area (Å²) in [6.45, 7) is 8.86. The largest absolute Gasteiger partial charge is 0.467 e. The quantitative estimate of drug-likeness (QED) is 0.314. The van der Waals surface area contributed by atoms with Gasteiger partial charge in [-0.15, -0.1) is 0 Å². The molecular weight excluding hydrogens is 542 g/mol. The number of cyclic esters (lactones) is 1. The summed E-state index contributed by atoms with van der Waals surface area (Å²) in [6.07, 6.45) is 9.83. The summed E-state index contributed by atoms with van der Waals surface area (Å²) in [7, 11) is 2.73. The predicted molar refractivity (Wildman–Crippen MR) is 158 cm³/mol. The number of fused-ring (bicyclic) bond motifs is 2. The Labute approximate surface area is 248 Å². The number of rotatable bonds is 7. The monoisotopic (exact) mass is 589 g/mol. The van der Waals surface area contributed by atoms with E-state index in [4.69, 9.17) is 13.9 Å². The first-order valence-electron chi connectivity index (χ1n) is 14.3. The molecule has 0 spiro atoms. The highest BCUT2D eigenvalue weighted by Crippen LogP contribution is 2.24. The average molecular weight is 590 g/mol. The van der Waals surface area contributed by atoms with Gasteiger partial charge in [-0.2, -0.15) is 0 Å². The Balaban J connectivity index is 2.30. The highest BCUT2D eigenvalue weighted by Gasteiger charge is 2.31. The minimum Gasteiger partial charge on any atom is -0.467 e. The number of aryl methyl sites for hydroxylation is 1. The number of aliphatic hydroxyl groups excluding tert-OH is 2. The second-order valence-electron chi connectivity index (χ2n) is 11.4. The Hall–Kier alpha value is -3.05. The number of nitrogens with zero attached hydrogens (tertiary/aromatic N) is 1. The number of allylic oxidation sites excluding steroid dienone is 3. The molecule has 10 heteroatoms. The predicted octanol–water partition coefficient (Wildman–Crippen LogP) is 4.10. The molecule has 1 aromatic heterocycles. The fourth-order valence-electron chi connectivity index (χ4n) is 4.52. The van der Waals surface area contributed by atoms with Gasteiger partial charge in [-0.05, 0) is 57.6 Å². The topological polar surface area (TPSA) is 149 Å². The van der Waals surface area contributed by atoms with Crippen molar-refractivity contribution in [2.75, 3.05) is 14.2 Å². The van der Waals surface area contributed by atoms with Crippen molar-refractivity contribution < 1.29 is 43.5 Å². The normalized spacial score (nSPS) is 30.4. The molecule has 1 aromatic rings. The molecular formula is C32H47NO9. The molecule has 0 radical (unpaired) electrons. The highest BCUT2D eigenvalue weighted by molar-refractivity contribution is 5.82. The van der Waals surface area contributed by atoms with Crippen molar-refractivity contribution >= 4 is 17.5 Å². The van der Waals surface area contributed by atoms with E-state index in [1.54, 1.807) is 43.6 Å². The van der Waals surface area contributed by atoms with Gasteiger partial charge in [0.2, 0.25) is 0 Å². The van der Waals surface area contributed by atoms with Crippen molar-refractivity contribution in [1.82, 2.24) is 4.98 Å². The van der Waals surface area contributed by atoms with Crippen LogP contribution in [0.25, 0.3) is 5.57 Å². The number of ether oxygens (including phenoxy) is 3. The molecule has 0 fully saturated rings. The second-order valence-corrected chi connectivity index (χ2v) is 11.4. The van der Waals surface area contributed by atoms with E-state index in [9.17, 15) is 24.9 Å². The highest BCUT2D eigenvalue weighted by atomic mass is 16.6. The number of carbonyl (C=O) groups is 2. The van der Waals surface area contributed by atoms with Crippen LogP contribution in [0.2, 0.25) is 0 Å². The molecule has 3 N–H and O–H groups in total. The Kier molecular flexibility index (Phi) is 13.9. The van der Waals surface area contributed by atoms with Gasteiger partial charge in [0, 0.05) is 31.9 Å². The standard InChI is InChI=1S/C32H47NO9/c1-20(10-8-9-15-32(5,38)31(37)40-7)17-27-30(36)26(39-6)16-21(2)11-13-28-33-24(19-41-28)23(4)18-25(34)22(3)12-14-29(35)42-27/h8-9,12,14,17-19,21-22,25-27,30,34,36,38H,10-11,13,15-16H2,1-7H3/b9-8-,14-12+,20-17+,23-18+/t21?,22-,25-,26-,27-,30+,32-/m0/s1. The lowest BCUT2D eigenvalue weighted by Crippen LogP contribution is -2.41. The lowest BCUT2D eigenvalue weighted by molar-refractivity contribution is -0.160. The van der Waals surface area contributed by atoms with Gasteiger partial charge in [-0.3, -0.25) is 0 Å². The number of hydrogen-bond donors (Lipinski definition) is 3. The fraction of sp³-hybridized carbons (Fsp3) is 0.594. The number of methoxy groups -OCH3 is 2. The second kappa shape index (κ2) is 16.6. The number of esters is 2. The van der Waals surface area contributed by atoms with Gasteiger partial charge in [0.05, 0.1) is 19.3 Å². The van der Waals surface area contributed by atoms with Crippen molar-refractivity contribution in [3.05, 3.63) is 59.9 Å². The molecule has 7 atom stereocenters. The van der Waals surface area contributed by atoms with Crippen molar-refractivity contribution in [2.45, 2.75) is 96.7 Å². The van der Waals surface area contributed by atoms with Crippen LogP contribution in [0, 0.1) is 11.8 Å².